The van der Waals surface area contributed by atoms with Gasteiger partial charge in [0.1, 0.15) is 0 Å². The molecule has 2 aromatic rings. The van der Waals surface area contributed by atoms with Gasteiger partial charge < -0.3 is 15.4 Å². The zero-order valence-corrected chi connectivity index (χ0v) is 14.1. The molecule has 0 bridgehead atoms. The fraction of sp³-hybridized carbons (Fsp3) is 0.368. The van der Waals surface area contributed by atoms with Crippen molar-refractivity contribution in [3.63, 3.8) is 0 Å². The second kappa shape index (κ2) is 7.34. The summed E-state index contributed by atoms with van der Waals surface area (Å²) in [7, 11) is 0. The van der Waals surface area contributed by atoms with Crippen LogP contribution in [0.4, 0.5) is 4.79 Å². The molecule has 0 saturated heterocycles. The van der Waals surface area contributed by atoms with Crippen LogP contribution in [0, 0.1) is 0 Å². The van der Waals surface area contributed by atoms with Crippen LogP contribution in [0.2, 0.25) is 0 Å². The first-order chi connectivity index (χ1) is 11.7. The zero-order chi connectivity index (χ0) is 16.9. The lowest BCUT2D eigenvalue weighted by Crippen LogP contribution is -2.43. The number of hydrogen-bond acceptors (Lipinski definition) is 3. The number of nitrogens with zero attached hydrogens (tertiary/aromatic N) is 1. The number of aromatic nitrogens is 1. The Bertz CT molecular complexity index is 717. The van der Waals surface area contributed by atoms with Crippen molar-refractivity contribution in [1.29, 1.82) is 0 Å². The predicted molar refractivity (Wildman–Crippen MR) is 93.1 cm³/mol. The third-order valence-electron chi connectivity index (χ3n) is 4.48. The molecule has 0 saturated carbocycles. The van der Waals surface area contributed by atoms with Gasteiger partial charge >= 0.3 is 6.03 Å². The van der Waals surface area contributed by atoms with Crippen molar-refractivity contribution < 1.29 is 9.53 Å². The Labute approximate surface area is 142 Å². The van der Waals surface area contributed by atoms with E-state index in [9.17, 15) is 4.79 Å². The summed E-state index contributed by atoms with van der Waals surface area (Å²) in [6.45, 7) is 5.01. The van der Waals surface area contributed by atoms with Gasteiger partial charge in [0, 0.05) is 30.3 Å². The Hall–Kier alpha value is -2.56. The number of ether oxygens (including phenoxy) is 1. The van der Waals surface area contributed by atoms with Gasteiger partial charge in [0.15, 0.2) is 0 Å². The molecular weight excluding hydrogens is 302 g/mol. The molecule has 3 rings (SSSR count). The second-order valence-electron chi connectivity index (χ2n) is 6.03. The smallest absolute Gasteiger partial charge is 0.315 e. The van der Waals surface area contributed by atoms with E-state index in [4.69, 9.17) is 4.74 Å². The van der Waals surface area contributed by atoms with Crippen molar-refractivity contribution in [3.05, 3.63) is 59.3 Å². The van der Waals surface area contributed by atoms with Crippen LogP contribution in [0.25, 0.3) is 0 Å². The Morgan fingerprint density at radius 1 is 1.29 bits per heavy atom. The lowest BCUT2D eigenvalue weighted by Gasteiger charge is -2.18. The fourth-order valence-electron chi connectivity index (χ4n) is 3.19. The molecule has 1 aromatic heterocycles. The quantitative estimate of drug-likeness (QED) is 0.888. The third kappa shape index (κ3) is 3.50. The lowest BCUT2D eigenvalue weighted by molar-refractivity contribution is 0.235. The Morgan fingerprint density at radius 2 is 2.12 bits per heavy atom. The van der Waals surface area contributed by atoms with Crippen LogP contribution >= 0.6 is 0 Å². The van der Waals surface area contributed by atoms with Crippen LogP contribution in [0.1, 0.15) is 36.5 Å². The van der Waals surface area contributed by atoms with Gasteiger partial charge in [-0.05, 0) is 30.5 Å². The lowest BCUT2D eigenvalue weighted by atomic mass is 10.0. The van der Waals surface area contributed by atoms with Crippen molar-refractivity contribution in [1.82, 2.24) is 15.6 Å². The molecule has 24 heavy (non-hydrogen) atoms. The molecule has 0 aliphatic heterocycles. The Morgan fingerprint density at radius 3 is 2.92 bits per heavy atom. The average Bonchev–Trinajstić information content (AvgIpc) is 2.91. The maximum Gasteiger partial charge on any atom is 0.315 e. The molecule has 5 nitrogen and oxygen atoms in total. The molecule has 1 aliphatic carbocycles. The molecule has 0 spiro atoms. The number of carbonyl (C=O) groups excluding carboxylic acids is 1. The molecule has 2 atom stereocenters. The summed E-state index contributed by atoms with van der Waals surface area (Å²) in [6, 6.07) is 12.1. The maximum atomic E-state index is 12.3. The number of benzene rings is 1. The molecule has 1 aliphatic rings. The van der Waals surface area contributed by atoms with E-state index in [1.807, 2.05) is 25.1 Å². The van der Waals surface area contributed by atoms with E-state index in [1.54, 1.807) is 6.20 Å². The number of amides is 2. The van der Waals surface area contributed by atoms with Crippen molar-refractivity contribution >= 4 is 6.03 Å². The molecule has 5 heteroatoms. The molecule has 1 aromatic carbocycles. The normalized spacial score (nSPS) is 18.8. The van der Waals surface area contributed by atoms with Gasteiger partial charge in [0.05, 0.1) is 6.61 Å². The first kappa shape index (κ1) is 16.3. The van der Waals surface area contributed by atoms with Gasteiger partial charge in [-0.15, -0.1) is 0 Å². The summed E-state index contributed by atoms with van der Waals surface area (Å²) in [5.41, 5.74) is 3.52. The largest absolute Gasteiger partial charge is 0.478 e. The maximum absolute atomic E-state index is 12.3. The highest BCUT2D eigenvalue weighted by atomic mass is 16.5. The topological polar surface area (TPSA) is 63.2 Å². The van der Waals surface area contributed by atoms with Crippen molar-refractivity contribution in [3.8, 4) is 5.88 Å². The van der Waals surface area contributed by atoms with E-state index in [2.05, 4.69) is 40.7 Å². The zero-order valence-electron chi connectivity index (χ0n) is 14.1. The van der Waals surface area contributed by atoms with Gasteiger partial charge in [-0.1, -0.05) is 37.3 Å². The highest BCUT2D eigenvalue weighted by Crippen LogP contribution is 2.32. The first-order valence-electron chi connectivity index (χ1n) is 8.38. The number of carbonyl (C=O) groups is 1. The van der Waals surface area contributed by atoms with Gasteiger partial charge in [0.25, 0.3) is 0 Å². The van der Waals surface area contributed by atoms with E-state index in [-0.39, 0.29) is 12.1 Å². The van der Waals surface area contributed by atoms with E-state index < -0.39 is 0 Å². The van der Waals surface area contributed by atoms with Crippen LogP contribution in [0.3, 0.4) is 0 Å². The van der Waals surface area contributed by atoms with E-state index in [1.165, 1.54) is 11.1 Å². The summed E-state index contributed by atoms with van der Waals surface area (Å²) >= 11 is 0. The summed E-state index contributed by atoms with van der Waals surface area (Å²) in [6.07, 6.45) is 2.56. The number of urea groups is 1. The van der Waals surface area contributed by atoms with Crippen molar-refractivity contribution in [2.75, 3.05) is 6.61 Å². The van der Waals surface area contributed by atoms with Crippen LogP contribution in [0.15, 0.2) is 42.6 Å². The summed E-state index contributed by atoms with van der Waals surface area (Å²) < 4.78 is 5.48. The molecule has 0 radical (unpaired) electrons. The highest BCUT2D eigenvalue weighted by molar-refractivity contribution is 5.74. The molecule has 0 fully saturated rings. The Kier molecular flexibility index (Phi) is 4.99. The third-order valence-corrected chi connectivity index (χ3v) is 4.48. The average molecular weight is 325 g/mol. The number of hydrogen-bond donors (Lipinski definition) is 2. The Balaban J connectivity index is 1.56. The van der Waals surface area contributed by atoms with Crippen LogP contribution < -0.4 is 15.4 Å². The molecular formula is C19H23N3O2. The first-order valence-corrected chi connectivity index (χ1v) is 8.38. The molecule has 2 N–H and O–H groups in total. The fourth-order valence-corrected chi connectivity index (χ4v) is 3.19. The summed E-state index contributed by atoms with van der Waals surface area (Å²) in [5.74, 6) is 0.895. The summed E-state index contributed by atoms with van der Waals surface area (Å²) in [4.78, 5) is 16.4. The number of fused-ring (bicyclic) bond motifs is 1. The number of nitrogens with one attached hydrogen (secondary N) is 2. The van der Waals surface area contributed by atoms with Crippen LogP contribution in [-0.2, 0) is 13.0 Å². The van der Waals surface area contributed by atoms with Gasteiger partial charge in [0.2, 0.25) is 5.88 Å². The standard InChI is InChI=1S/C19H23N3O2/c1-3-24-18-15(8-6-10-20-18)12-21-19(23)22-17-11-14-7-4-5-9-16(14)13(17)2/h4-10,13,17H,3,11-12H2,1-2H3,(H2,21,22,23)/t13-,17+/m0/s1. The molecule has 0 unspecified atom stereocenters. The van der Waals surface area contributed by atoms with Gasteiger partial charge in [-0.3, -0.25) is 0 Å². The van der Waals surface area contributed by atoms with E-state index in [0.29, 0.717) is 24.9 Å². The van der Waals surface area contributed by atoms with E-state index >= 15 is 0 Å². The minimum Gasteiger partial charge on any atom is -0.478 e. The predicted octanol–water partition coefficient (Wildman–Crippen LogP) is 3.01. The van der Waals surface area contributed by atoms with Crippen molar-refractivity contribution in [2.45, 2.75) is 38.8 Å². The second-order valence-corrected chi connectivity index (χ2v) is 6.03. The molecule has 126 valence electrons. The van der Waals surface area contributed by atoms with E-state index in [0.717, 1.165) is 12.0 Å². The number of rotatable bonds is 5. The molecule has 2 amide bonds. The number of pyridine rings is 1. The van der Waals surface area contributed by atoms with Crippen LogP contribution in [-0.4, -0.2) is 23.7 Å². The van der Waals surface area contributed by atoms with Crippen molar-refractivity contribution in [2.24, 2.45) is 0 Å². The SMILES string of the molecule is CCOc1ncccc1CNC(=O)N[C@@H]1Cc2ccccc2[C@@H]1C. The minimum absolute atomic E-state index is 0.127. The van der Waals surface area contributed by atoms with Gasteiger partial charge in [-0.25, -0.2) is 9.78 Å². The highest BCUT2D eigenvalue weighted by Gasteiger charge is 2.29. The van der Waals surface area contributed by atoms with Gasteiger partial charge in [-0.2, -0.15) is 0 Å². The summed E-state index contributed by atoms with van der Waals surface area (Å²) in [5, 5.41) is 5.99. The monoisotopic (exact) mass is 325 g/mol. The van der Waals surface area contributed by atoms with Crippen LogP contribution in [0.5, 0.6) is 5.88 Å². The molecule has 1 heterocycles. The minimum atomic E-state index is -0.161.